The lowest BCUT2D eigenvalue weighted by Gasteiger charge is -2.20. The fraction of sp³-hybridized carbons (Fsp3) is 0.375. The van der Waals surface area contributed by atoms with Gasteiger partial charge in [0.15, 0.2) is 0 Å². The second kappa shape index (κ2) is 10.2. The van der Waals surface area contributed by atoms with E-state index in [1.165, 1.54) is 0 Å². The molecule has 0 spiro atoms. The number of carbonyl (C=O) groups excluding carboxylic acids is 1. The first-order chi connectivity index (χ1) is 15.8. The molecule has 9 heteroatoms. The van der Waals surface area contributed by atoms with Gasteiger partial charge in [0.25, 0.3) is 5.91 Å². The van der Waals surface area contributed by atoms with Crippen molar-refractivity contribution in [2.24, 2.45) is 0 Å². The van der Waals surface area contributed by atoms with Crippen LogP contribution < -0.4 is 5.32 Å². The average Bonchev–Trinajstić information content (AvgIpc) is 3.41. The van der Waals surface area contributed by atoms with E-state index < -0.39 is 6.10 Å². The zero-order valence-electron chi connectivity index (χ0n) is 18.6. The van der Waals surface area contributed by atoms with Crippen molar-refractivity contribution in [2.75, 3.05) is 7.05 Å². The number of aliphatic hydroxyl groups excluding tert-OH is 1. The van der Waals surface area contributed by atoms with Crippen molar-refractivity contribution < 1.29 is 9.90 Å². The molecule has 2 aromatic heterocycles. The number of halogens is 2. The lowest BCUT2D eigenvalue weighted by Crippen LogP contribution is -2.35. The summed E-state index contributed by atoms with van der Waals surface area (Å²) in [5, 5.41) is 22.2. The first kappa shape index (κ1) is 23.7. The number of H-pyrrole nitrogens is 1. The number of carbonyl (C=O) groups is 1. The van der Waals surface area contributed by atoms with Gasteiger partial charge in [0.2, 0.25) is 0 Å². The summed E-state index contributed by atoms with van der Waals surface area (Å²) in [5.74, 6) is -0.0861. The molecule has 7 nitrogen and oxygen atoms in total. The molecule has 1 fully saturated rings. The van der Waals surface area contributed by atoms with E-state index in [2.05, 4.69) is 20.5 Å². The van der Waals surface area contributed by atoms with Gasteiger partial charge in [-0.05, 0) is 49.9 Å². The summed E-state index contributed by atoms with van der Waals surface area (Å²) in [5.41, 5.74) is 3.96. The number of aromatic nitrogens is 3. The number of hydrogen-bond donors (Lipinski definition) is 3. The van der Waals surface area contributed by atoms with Crippen molar-refractivity contribution in [3.8, 4) is 0 Å². The molecule has 174 valence electrons. The van der Waals surface area contributed by atoms with E-state index in [1.807, 2.05) is 37.3 Å². The molecule has 1 aliphatic heterocycles. The molecule has 1 aromatic carbocycles. The summed E-state index contributed by atoms with van der Waals surface area (Å²) in [6, 6.07) is 11.4. The minimum Gasteiger partial charge on any atom is -0.387 e. The van der Waals surface area contributed by atoms with Crippen molar-refractivity contribution in [3.05, 3.63) is 80.8 Å². The molecule has 33 heavy (non-hydrogen) atoms. The molecule has 3 atom stereocenters. The lowest BCUT2D eigenvalue weighted by molar-refractivity contribution is 0.0783. The fourth-order valence-electron chi connectivity index (χ4n) is 4.21. The molecule has 1 saturated heterocycles. The number of aromatic amines is 1. The summed E-state index contributed by atoms with van der Waals surface area (Å²) < 4.78 is 0. The Labute approximate surface area is 203 Å². The lowest BCUT2D eigenvalue weighted by atomic mass is 10.0. The van der Waals surface area contributed by atoms with Crippen LogP contribution in [0.1, 0.15) is 51.8 Å². The third-order valence-corrected chi connectivity index (χ3v) is 6.83. The van der Waals surface area contributed by atoms with Crippen LogP contribution in [0.25, 0.3) is 0 Å². The summed E-state index contributed by atoms with van der Waals surface area (Å²) in [4.78, 5) is 18.4. The molecular weight excluding hydrogens is 461 g/mol. The summed E-state index contributed by atoms with van der Waals surface area (Å²) >= 11 is 12.1. The maximum atomic E-state index is 12.8. The Balaban J connectivity index is 1.31. The summed E-state index contributed by atoms with van der Waals surface area (Å²) in [7, 11) is 1.74. The molecular formula is C24H27Cl2N5O2. The molecule has 3 heterocycles. The molecule has 4 rings (SSSR count). The highest BCUT2D eigenvalue weighted by atomic mass is 35.5. The smallest absolute Gasteiger partial charge is 0.253 e. The largest absolute Gasteiger partial charge is 0.387 e. The second-order valence-corrected chi connectivity index (χ2v) is 9.34. The predicted octanol–water partition coefficient (Wildman–Crippen LogP) is 4.09. The normalized spacial score (nSPS) is 18.9. The Kier molecular flexibility index (Phi) is 7.34. The number of amides is 1. The van der Waals surface area contributed by atoms with Crippen LogP contribution in [0.15, 0.2) is 42.6 Å². The van der Waals surface area contributed by atoms with Crippen molar-refractivity contribution in [1.82, 2.24) is 25.4 Å². The first-order valence-electron chi connectivity index (χ1n) is 10.9. The molecule has 0 bridgehead atoms. The zero-order chi connectivity index (χ0) is 23.5. The maximum absolute atomic E-state index is 12.8. The van der Waals surface area contributed by atoms with Crippen LogP contribution in [0.3, 0.4) is 0 Å². The maximum Gasteiger partial charge on any atom is 0.253 e. The number of benzene rings is 1. The standard InChI is InChI=1S/C24H27Cl2N5O2/c1-14-22(26)20(30-29-14)13-31(2)24(33)16-5-3-15(4-6-16)11-18-8-9-19(28-18)23(32)17-7-10-21(25)27-12-17/h3-7,10,12,18-19,23,28,32H,8-9,11,13H2,1-2H3,(H,29,30)/t18-,19+,23?/m0/s1. The third kappa shape index (κ3) is 5.55. The Bertz CT molecular complexity index is 1100. The number of aliphatic hydroxyl groups is 1. The molecule has 1 aliphatic rings. The Morgan fingerprint density at radius 2 is 1.97 bits per heavy atom. The Morgan fingerprint density at radius 1 is 1.21 bits per heavy atom. The number of pyridine rings is 1. The predicted molar refractivity (Wildman–Crippen MR) is 128 cm³/mol. The molecule has 3 N–H and O–H groups in total. The molecule has 0 radical (unpaired) electrons. The van der Waals surface area contributed by atoms with E-state index in [9.17, 15) is 9.90 Å². The van der Waals surface area contributed by atoms with E-state index in [0.29, 0.717) is 28.0 Å². The molecule has 1 unspecified atom stereocenters. The number of nitrogens with zero attached hydrogens (tertiary/aromatic N) is 3. The fourth-order valence-corrected chi connectivity index (χ4v) is 4.47. The SMILES string of the molecule is Cc1[nH]nc(CN(C)C(=O)c2ccc(C[C@@H]3CC[C@H](C(O)c4ccc(Cl)nc4)N3)cc2)c1Cl. The van der Waals surface area contributed by atoms with Crippen molar-refractivity contribution >= 4 is 29.1 Å². The number of aryl methyl sites for hydroxylation is 1. The molecule has 0 aliphatic carbocycles. The minimum absolute atomic E-state index is 0.0232. The van der Waals surface area contributed by atoms with Gasteiger partial charge in [0.05, 0.1) is 23.4 Å². The topological polar surface area (TPSA) is 94.1 Å². The number of hydrogen-bond acceptors (Lipinski definition) is 5. The van der Waals surface area contributed by atoms with Crippen LogP contribution in [-0.4, -0.2) is 50.2 Å². The summed E-state index contributed by atoms with van der Waals surface area (Å²) in [6.45, 7) is 2.18. The van der Waals surface area contributed by atoms with Gasteiger partial charge >= 0.3 is 0 Å². The quantitative estimate of drug-likeness (QED) is 0.436. The van der Waals surface area contributed by atoms with E-state index in [4.69, 9.17) is 23.2 Å². The van der Waals surface area contributed by atoms with Crippen molar-refractivity contribution in [3.63, 3.8) is 0 Å². The van der Waals surface area contributed by atoms with Crippen LogP contribution in [0, 0.1) is 6.92 Å². The van der Waals surface area contributed by atoms with Gasteiger partial charge in [-0.15, -0.1) is 0 Å². The molecule has 1 amide bonds. The van der Waals surface area contributed by atoms with E-state index in [1.54, 1.807) is 24.2 Å². The van der Waals surface area contributed by atoms with E-state index in [-0.39, 0.29) is 18.0 Å². The Hall–Kier alpha value is -2.45. The van der Waals surface area contributed by atoms with Crippen molar-refractivity contribution in [1.29, 1.82) is 0 Å². The van der Waals surface area contributed by atoms with Gasteiger partial charge in [-0.25, -0.2) is 4.98 Å². The van der Waals surface area contributed by atoms with Crippen LogP contribution in [0.4, 0.5) is 0 Å². The highest BCUT2D eigenvalue weighted by molar-refractivity contribution is 6.31. The van der Waals surface area contributed by atoms with E-state index in [0.717, 1.165) is 36.1 Å². The van der Waals surface area contributed by atoms with Gasteiger partial charge in [0, 0.05) is 36.5 Å². The van der Waals surface area contributed by atoms with Crippen molar-refractivity contribution in [2.45, 2.75) is 50.9 Å². The number of nitrogens with one attached hydrogen (secondary N) is 2. The van der Waals surface area contributed by atoms with Gasteiger partial charge in [0.1, 0.15) is 10.8 Å². The second-order valence-electron chi connectivity index (χ2n) is 8.58. The molecule has 3 aromatic rings. The van der Waals surface area contributed by atoms with Crippen LogP contribution in [-0.2, 0) is 13.0 Å². The minimum atomic E-state index is -0.623. The average molecular weight is 488 g/mol. The van der Waals surface area contributed by atoms with Gasteiger partial charge in [-0.3, -0.25) is 9.89 Å². The van der Waals surface area contributed by atoms with Gasteiger partial charge < -0.3 is 15.3 Å². The first-order valence-corrected chi connectivity index (χ1v) is 11.7. The highest BCUT2D eigenvalue weighted by Gasteiger charge is 2.30. The zero-order valence-corrected chi connectivity index (χ0v) is 20.1. The third-order valence-electron chi connectivity index (χ3n) is 6.11. The van der Waals surface area contributed by atoms with E-state index >= 15 is 0 Å². The van der Waals surface area contributed by atoms with Gasteiger partial charge in [-0.2, -0.15) is 5.10 Å². The van der Waals surface area contributed by atoms with Crippen LogP contribution >= 0.6 is 23.2 Å². The monoisotopic (exact) mass is 487 g/mol. The summed E-state index contributed by atoms with van der Waals surface area (Å²) in [6.07, 6.45) is 3.67. The van der Waals surface area contributed by atoms with Crippen LogP contribution in [0.2, 0.25) is 10.2 Å². The Morgan fingerprint density at radius 3 is 2.61 bits per heavy atom. The number of rotatable bonds is 7. The van der Waals surface area contributed by atoms with Crippen LogP contribution in [0.5, 0.6) is 0 Å². The highest BCUT2D eigenvalue weighted by Crippen LogP contribution is 2.27. The van der Waals surface area contributed by atoms with Gasteiger partial charge in [-0.1, -0.05) is 41.4 Å². The molecule has 0 saturated carbocycles.